The Hall–Kier alpha value is -3.03. The summed E-state index contributed by atoms with van der Waals surface area (Å²) >= 11 is 0. The molecule has 0 spiro atoms. The Bertz CT molecular complexity index is 937. The van der Waals surface area contributed by atoms with E-state index in [0.29, 0.717) is 42.7 Å². The van der Waals surface area contributed by atoms with Gasteiger partial charge in [-0.1, -0.05) is 41.4 Å². The molecule has 1 saturated heterocycles. The third-order valence-corrected chi connectivity index (χ3v) is 5.18. The second kappa shape index (κ2) is 8.98. The molecule has 1 atom stereocenters. The summed E-state index contributed by atoms with van der Waals surface area (Å²) in [6, 6.07) is 9.55. The average molecular weight is 395 g/mol. The zero-order valence-corrected chi connectivity index (χ0v) is 16.6. The molecule has 29 heavy (non-hydrogen) atoms. The van der Waals surface area contributed by atoms with Crippen LogP contribution in [0.1, 0.15) is 62.1 Å². The van der Waals surface area contributed by atoms with E-state index in [2.05, 4.69) is 20.3 Å². The minimum atomic E-state index is -0.142. The van der Waals surface area contributed by atoms with Gasteiger partial charge in [-0.15, -0.1) is 0 Å². The van der Waals surface area contributed by atoms with Crippen molar-refractivity contribution in [1.82, 2.24) is 25.2 Å². The number of aromatic nitrogens is 4. The van der Waals surface area contributed by atoms with E-state index in [1.54, 1.807) is 6.92 Å². The third-order valence-electron chi connectivity index (χ3n) is 5.18. The molecule has 1 aliphatic heterocycles. The van der Waals surface area contributed by atoms with Gasteiger partial charge in [0.15, 0.2) is 11.6 Å². The molecular weight excluding hydrogens is 370 g/mol. The molecule has 1 aromatic carbocycles. The maximum absolute atomic E-state index is 13.0. The molecule has 3 heterocycles. The molecule has 8 heteroatoms. The highest BCUT2D eigenvalue weighted by molar-refractivity contribution is 5.76. The fourth-order valence-electron chi connectivity index (χ4n) is 3.72. The van der Waals surface area contributed by atoms with Gasteiger partial charge in [-0.05, 0) is 38.3 Å². The van der Waals surface area contributed by atoms with Crippen LogP contribution in [0.25, 0.3) is 11.5 Å². The second-order valence-corrected chi connectivity index (χ2v) is 7.36. The van der Waals surface area contributed by atoms with Gasteiger partial charge in [0.25, 0.3) is 5.89 Å². The molecule has 0 aliphatic carbocycles. The highest BCUT2D eigenvalue weighted by atomic mass is 16.5. The molecule has 1 aliphatic rings. The minimum absolute atomic E-state index is 0.110. The van der Waals surface area contributed by atoms with Crippen LogP contribution in [0.2, 0.25) is 0 Å². The first-order valence-electron chi connectivity index (χ1n) is 10.2. The number of rotatable bonds is 6. The van der Waals surface area contributed by atoms with Gasteiger partial charge in [-0.25, -0.2) is 0 Å². The summed E-state index contributed by atoms with van der Waals surface area (Å²) < 4.78 is 10.6. The van der Waals surface area contributed by atoms with Crippen molar-refractivity contribution < 1.29 is 13.8 Å². The molecule has 3 aromatic rings. The first kappa shape index (κ1) is 19.3. The molecule has 152 valence electrons. The first-order valence-corrected chi connectivity index (χ1v) is 10.2. The van der Waals surface area contributed by atoms with E-state index in [1.807, 2.05) is 35.2 Å². The number of carbonyl (C=O) groups excluding carboxylic acids is 1. The van der Waals surface area contributed by atoms with Crippen LogP contribution in [-0.2, 0) is 11.2 Å². The largest absolute Gasteiger partial charge is 0.339 e. The van der Waals surface area contributed by atoms with Crippen LogP contribution in [0.3, 0.4) is 0 Å². The molecule has 8 nitrogen and oxygen atoms in total. The van der Waals surface area contributed by atoms with Crippen molar-refractivity contribution in [3.05, 3.63) is 47.9 Å². The molecule has 0 radical (unpaired) electrons. The maximum Gasteiger partial charge on any atom is 0.257 e. The lowest BCUT2D eigenvalue weighted by Crippen LogP contribution is -2.35. The van der Waals surface area contributed by atoms with Crippen LogP contribution in [0, 0.1) is 6.92 Å². The number of amides is 1. The number of carbonyl (C=O) groups is 1. The number of hydrogen-bond acceptors (Lipinski definition) is 7. The van der Waals surface area contributed by atoms with E-state index >= 15 is 0 Å². The van der Waals surface area contributed by atoms with Gasteiger partial charge in [-0.3, -0.25) is 4.79 Å². The fourth-order valence-corrected chi connectivity index (χ4v) is 3.72. The maximum atomic E-state index is 13.0. The van der Waals surface area contributed by atoms with Crippen LogP contribution in [0.15, 0.2) is 39.4 Å². The van der Waals surface area contributed by atoms with Gasteiger partial charge in [0.05, 0.1) is 6.04 Å². The zero-order chi connectivity index (χ0) is 20.1. The highest BCUT2D eigenvalue weighted by Crippen LogP contribution is 2.30. The van der Waals surface area contributed by atoms with Gasteiger partial charge in [0, 0.05) is 24.9 Å². The number of hydrogen-bond donors (Lipinski definition) is 0. The molecule has 0 bridgehead atoms. The Morgan fingerprint density at radius 2 is 1.97 bits per heavy atom. The monoisotopic (exact) mass is 395 g/mol. The lowest BCUT2D eigenvalue weighted by atomic mass is 10.1. The van der Waals surface area contributed by atoms with E-state index in [9.17, 15) is 4.79 Å². The van der Waals surface area contributed by atoms with Crippen LogP contribution in [0.5, 0.6) is 0 Å². The van der Waals surface area contributed by atoms with Gasteiger partial charge in [0.2, 0.25) is 11.8 Å². The quantitative estimate of drug-likeness (QED) is 0.624. The standard InChI is InChI=1S/C21H25N5O3/c1-15-22-18(28-24-15)12-8-13-19(27)26-14-7-3-6-11-17(26)20-23-21(29-25-20)16-9-4-2-5-10-16/h2,4-5,9-10,17H,3,6-8,11-14H2,1H3/t17-/m0/s1. The SMILES string of the molecule is Cc1noc(CCCC(=O)N2CCCCC[C@H]2c2noc(-c3ccccc3)n2)n1. The topological polar surface area (TPSA) is 98.2 Å². The van der Waals surface area contributed by atoms with Crippen molar-refractivity contribution in [1.29, 1.82) is 0 Å². The normalized spacial score (nSPS) is 17.3. The number of nitrogens with zero attached hydrogens (tertiary/aromatic N) is 5. The highest BCUT2D eigenvalue weighted by Gasteiger charge is 2.30. The molecular formula is C21H25N5O3. The van der Waals surface area contributed by atoms with E-state index in [4.69, 9.17) is 9.05 Å². The fraction of sp³-hybridized carbons (Fsp3) is 0.476. The van der Waals surface area contributed by atoms with E-state index in [1.165, 1.54) is 0 Å². The van der Waals surface area contributed by atoms with Crippen LogP contribution in [-0.4, -0.2) is 37.6 Å². The summed E-state index contributed by atoms with van der Waals surface area (Å²) in [5.41, 5.74) is 0.882. The van der Waals surface area contributed by atoms with Crippen molar-refractivity contribution in [3.8, 4) is 11.5 Å². The summed E-state index contributed by atoms with van der Waals surface area (Å²) in [7, 11) is 0. The van der Waals surface area contributed by atoms with Gasteiger partial charge >= 0.3 is 0 Å². The minimum Gasteiger partial charge on any atom is -0.339 e. The van der Waals surface area contributed by atoms with Crippen molar-refractivity contribution >= 4 is 5.91 Å². The molecule has 4 rings (SSSR count). The number of likely N-dealkylation sites (tertiary alicyclic amines) is 1. The predicted molar refractivity (Wildman–Crippen MR) is 105 cm³/mol. The van der Waals surface area contributed by atoms with E-state index < -0.39 is 0 Å². The van der Waals surface area contributed by atoms with Gasteiger partial charge in [0.1, 0.15) is 0 Å². The lowest BCUT2D eigenvalue weighted by Gasteiger charge is -2.27. The smallest absolute Gasteiger partial charge is 0.257 e. The van der Waals surface area contributed by atoms with Crippen LogP contribution >= 0.6 is 0 Å². The van der Waals surface area contributed by atoms with Gasteiger partial charge in [-0.2, -0.15) is 9.97 Å². The molecule has 1 fully saturated rings. The first-order chi connectivity index (χ1) is 14.2. The summed E-state index contributed by atoms with van der Waals surface area (Å²) in [5.74, 6) is 2.38. The predicted octanol–water partition coefficient (Wildman–Crippen LogP) is 3.89. The average Bonchev–Trinajstić information content (AvgIpc) is 3.31. The third kappa shape index (κ3) is 4.70. The Balaban J connectivity index is 1.44. The molecule has 0 unspecified atom stereocenters. The van der Waals surface area contributed by atoms with E-state index in [-0.39, 0.29) is 11.9 Å². The van der Waals surface area contributed by atoms with E-state index in [0.717, 1.165) is 37.8 Å². The van der Waals surface area contributed by atoms with Crippen molar-refractivity contribution in [2.75, 3.05) is 6.54 Å². The molecule has 0 saturated carbocycles. The zero-order valence-electron chi connectivity index (χ0n) is 16.6. The van der Waals surface area contributed by atoms with Crippen molar-refractivity contribution in [2.45, 2.75) is 57.9 Å². The van der Waals surface area contributed by atoms with Crippen LogP contribution in [0.4, 0.5) is 0 Å². The summed E-state index contributed by atoms with van der Waals surface area (Å²) in [6.07, 6.45) is 5.70. The summed E-state index contributed by atoms with van der Waals surface area (Å²) in [4.78, 5) is 23.7. The van der Waals surface area contributed by atoms with Crippen molar-refractivity contribution in [2.24, 2.45) is 0 Å². The number of aryl methyl sites for hydroxylation is 2. The Labute approximate surface area is 169 Å². The Morgan fingerprint density at radius 1 is 1.10 bits per heavy atom. The Morgan fingerprint density at radius 3 is 2.76 bits per heavy atom. The second-order valence-electron chi connectivity index (χ2n) is 7.36. The molecule has 2 aromatic heterocycles. The molecule has 0 N–H and O–H groups in total. The lowest BCUT2D eigenvalue weighted by molar-refractivity contribution is -0.134. The van der Waals surface area contributed by atoms with Crippen LogP contribution < -0.4 is 0 Å². The summed E-state index contributed by atoms with van der Waals surface area (Å²) in [6.45, 7) is 2.51. The Kier molecular flexibility index (Phi) is 5.97. The number of benzene rings is 1. The molecule has 1 amide bonds. The summed E-state index contributed by atoms with van der Waals surface area (Å²) in [5, 5.41) is 8.00. The van der Waals surface area contributed by atoms with Crippen molar-refractivity contribution in [3.63, 3.8) is 0 Å². The van der Waals surface area contributed by atoms with Gasteiger partial charge < -0.3 is 13.9 Å².